The molecule has 0 saturated carbocycles. The van der Waals surface area contributed by atoms with E-state index in [-0.39, 0.29) is 56.7 Å². The maximum absolute atomic E-state index is 15.3. The molecule has 256 valence electrons. The number of hydrogen-bond acceptors (Lipinski definition) is 6. The number of carbonyl (C=O) groups is 3. The highest BCUT2D eigenvalue weighted by molar-refractivity contribution is 6.34. The lowest BCUT2D eigenvalue weighted by Gasteiger charge is -2.40. The van der Waals surface area contributed by atoms with Crippen LogP contribution in [0, 0.1) is 17.6 Å². The van der Waals surface area contributed by atoms with E-state index in [1.807, 2.05) is 4.90 Å². The number of halogens is 3. The standard InChI is InChI=1S/C35H37ClF2N8O3/c1-43-29(26-8-7-25(30(37)31(26)38)28-9-4-22(39)19-40-28)20-41-32(43)33(47)42-23-5-6-24(27(36)18-23)35(49)45-14-12-44(13-15-45)34(48)21-10-16-46(2,3)17-11-21/h4-9,18-21H,10-17H2,1-3H3,(H2-,39,42,47,49)/p+1. The largest absolute Gasteiger partial charge is 0.397 e. The zero-order valence-corrected chi connectivity index (χ0v) is 28.3. The highest BCUT2D eigenvalue weighted by Crippen LogP contribution is 2.32. The van der Waals surface area contributed by atoms with Crippen LogP contribution in [0.2, 0.25) is 5.02 Å². The topological polar surface area (TPSA) is 126 Å². The van der Waals surface area contributed by atoms with E-state index in [2.05, 4.69) is 29.4 Å². The van der Waals surface area contributed by atoms with E-state index in [0.29, 0.717) is 37.6 Å². The number of piperidine rings is 1. The first-order valence-electron chi connectivity index (χ1n) is 16.1. The number of aromatic nitrogens is 3. The lowest BCUT2D eigenvalue weighted by molar-refractivity contribution is -0.895. The molecule has 14 heteroatoms. The Morgan fingerprint density at radius 3 is 2.20 bits per heavy atom. The summed E-state index contributed by atoms with van der Waals surface area (Å²) in [7, 11) is 5.88. The highest BCUT2D eigenvalue weighted by Gasteiger charge is 2.35. The molecule has 3 N–H and O–H groups in total. The minimum Gasteiger partial charge on any atom is -0.397 e. The number of nitrogen functional groups attached to an aromatic ring is 1. The lowest BCUT2D eigenvalue weighted by Crippen LogP contribution is -2.54. The second-order valence-electron chi connectivity index (χ2n) is 13.2. The van der Waals surface area contributed by atoms with Crippen molar-refractivity contribution in [3.63, 3.8) is 0 Å². The summed E-state index contributed by atoms with van der Waals surface area (Å²) < 4.78 is 32.6. The van der Waals surface area contributed by atoms with Gasteiger partial charge in [0.15, 0.2) is 17.5 Å². The minimum absolute atomic E-state index is 0.0315. The number of carbonyl (C=O) groups excluding carboxylic acids is 3. The number of pyridine rings is 1. The summed E-state index contributed by atoms with van der Waals surface area (Å²) in [5, 5.41) is 2.85. The quantitative estimate of drug-likeness (QED) is 0.283. The van der Waals surface area contributed by atoms with Crippen molar-refractivity contribution in [1.29, 1.82) is 0 Å². The minimum atomic E-state index is -1.11. The third kappa shape index (κ3) is 6.99. The third-order valence-electron chi connectivity index (χ3n) is 9.46. The molecule has 2 aliphatic heterocycles. The number of nitrogens with two attached hydrogens (primary N) is 1. The highest BCUT2D eigenvalue weighted by atomic mass is 35.5. The number of nitrogens with zero attached hydrogens (tertiary/aromatic N) is 6. The number of quaternary nitrogens is 1. The van der Waals surface area contributed by atoms with Gasteiger partial charge in [-0.15, -0.1) is 0 Å². The Morgan fingerprint density at radius 1 is 0.898 bits per heavy atom. The molecule has 0 bridgehead atoms. The van der Waals surface area contributed by atoms with E-state index in [9.17, 15) is 14.4 Å². The van der Waals surface area contributed by atoms with Crippen LogP contribution in [0.1, 0.15) is 33.8 Å². The molecule has 0 unspecified atom stereocenters. The zero-order chi connectivity index (χ0) is 35.0. The fourth-order valence-electron chi connectivity index (χ4n) is 6.41. The van der Waals surface area contributed by atoms with Crippen LogP contribution >= 0.6 is 11.6 Å². The van der Waals surface area contributed by atoms with Crippen LogP contribution in [0.5, 0.6) is 0 Å². The number of piperazine rings is 1. The van der Waals surface area contributed by atoms with Crippen LogP contribution in [-0.4, -0.2) is 99.9 Å². The molecule has 2 fully saturated rings. The monoisotopic (exact) mass is 691 g/mol. The molecule has 2 aromatic heterocycles. The number of rotatable bonds is 6. The molecule has 11 nitrogen and oxygen atoms in total. The van der Waals surface area contributed by atoms with Gasteiger partial charge in [0, 0.05) is 68.8 Å². The average Bonchev–Trinajstić information content (AvgIpc) is 3.47. The molecule has 0 radical (unpaired) electrons. The summed E-state index contributed by atoms with van der Waals surface area (Å²) in [5.74, 6) is -2.92. The fourth-order valence-corrected chi connectivity index (χ4v) is 6.67. The van der Waals surface area contributed by atoms with Gasteiger partial charge in [0.2, 0.25) is 5.91 Å². The molecular formula is C35H38ClF2N8O3+. The molecule has 0 spiro atoms. The molecule has 0 aliphatic carbocycles. The van der Waals surface area contributed by atoms with Crippen molar-refractivity contribution < 1.29 is 27.6 Å². The van der Waals surface area contributed by atoms with E-state index >= 15 is 8.78 Å². The summed E-state index contributed by atoms with van der Waals surface area (Å²) in [5.41, 5.74) is 6.93. The Balaban J connectivity index is 1.08. The number of benzene rings is 2. The van der Waals surface area contributed by atoms with Gasteiger partial charge in [-0.05, 0) is 42.5 Å². The Morgan fingerprint density at radius 2 is 1.55 bits per heavy atom. The Labute approximate surface area is 287 Å². The number of hydrogen-bond donors (Lipinski definition) is 2. The van der Waals surface area contributed by atoms with Crippen LogP contribution < -0.4 is 11.1 Å². The Kier molecular flexibility index (Phi) is 9.41. The van der Waals surface area contributed by atoms with Crippen LogP contribution in [0.25, 0.3) is 22.5 Å². The van der Waals surface area contributed by atoms with Gasteiger partial charge in [0.1, 0.15) is 0 Å². The number of amides is 3. The fraction of sp³-hybridized carbons (Fsp3) is 0.343. The molecule has 2 aromatic carbocycles. The molecule has 6 rings (SSSR count). The average molecular weight is 692 g/mol. The molecule has 4 heterocycles. The van der Waals surface area contributed by atoms with Gasteiger partial charge in [-0.25, -0.2) is 13.8 Å². The first-order chi connectivity index (χ1) is 23.3. The van der Waals surface area contributed by atoms with Crippen molar-refractivity contribution in [3.8, 4) is 22.5 Å². The smallest absolute Gasteiger partial charge is 0.291 e. The molecule has 2 saturated heterocycles. The first-order valence-corrected chi connectivity index (χ1v) is 16.4. The predicted octanol–water partition coefficient (Wildman–Crippen LogP) is 4.69. The van der Waals surface area contributed by atoms with Crippen molar-refractivity contribution in [3.05, 3.63) is 82.9 Å². The Bertz CT molecular complexity index is 1910. The zero-order valence-electron chi connectivity index (χ0n) is 27.5. The van der Waals surface area contributed by atoms with Gasteiger partial charge in [-0.3, -0.25) is 19.4 Å². The number of anilines is 2. The maximum Gasteiger partial charge on any atom is 0.291 e. The van der Waals surface area contributed by atoms with E-state index in [4.69, 9.17) is 17.3 Å². The van der Waals surface area contributed by atoms with Crippen molar-refractivity contribution in [1.82, 2.24) is 24.3 Å². The van der Waals surface area contributed by atoms with Crippen molar-refractivity contribution in [2.45, 2.75) is 12.8 Å². The number of imidazole rings is 1. The second kappa shape index (κ2) is 13.6. The SMILES string of the molecule is Cn1c(-c2ccc(-c3ccc(N)cn3)c(F)c2F)cnc1C(=O)Nc1ccc(C(=O)N2CCN(C(=O)C3CC[N+](C)(C)CC3)CC2)c(Cl)c1. The molecule has 0 atom stereocenters. The third-order valence-corrected chi connectivity index (χ3v) is 9.78. The van der Waals surface area contributed by atoms with Crippen molar-refractivity contribution >= 4 is 40.7 Å². The molecule has 49 heavy (non-hydrogen) atoms. The number of nitrogens with one attached hydrogen (secondary N) is 1. The normalized spacial score (nSPS) is 16.4. The van der Waals surface area contributed by atoms with Crippen molar-refractivity contribution in [2.75, 3.05) is 64.4 Å². The van der Waals surface area contributed by atoms with E-state index in [0.717, 1.165) is 30.4 Å². The second-order valence-corrected chi connectivity index (χ2v) is 13.6. The summed E-state index contributed by atoms with van der Waals surface area (Å²) in [6.07, 6.45) is 4.39. The first kappa shape index (κ1) is 34.0. The summed E-state index contributed by atoms with van der Waals surface area (Å²) >= 11 is 6.52. The van der Waals surface area contributed by atoms with Gasteiger partial charge in [0.05, 0.1) is 67.2 Å². The molecule has 3 amide bonds. The predicted molar refractivity (Wildman–Crippen MR) is 183 cm³/mol. The van der Waals surface area contributed by atoms with Crippen LogP contribution in [-0.2, 0) is 11.8 Å². The summed E-state index contributed by atoms with van der Waals surface area (Å²) in [6.45, 7) is 3.70. The van der Waals surface area contributed by atoms with E-state index < -0.39 is 17.5 Å². The summed E-state index contributed by atoms with van der Waals surface area (Å²) in [4.78, 5) is 51.4. The summed E-state index contributed by atoms with van der Waals surface area (Å²) in [6, 6.07) is 10.4. The van der Waals surface area contributed by atoms with Gasteiger partial charge in [-0.1, -0.05) is 11.6 Å². The van der Waals surface area contributed by atoms with Crippen LogP contribution in [0.3, 0.4) is 0 Å². The van der Waals surface area contributed by atoms with Gasteiger partial charge < -0.3 is 29.9 Å². The molecule has 2 aliphatic rings. The number of likely N-dealkylation sites (tertiary alicyclic amines) is 1. The lowest BCUT2D eigenvalue weighted by atomic mass is 9.94. The van der Waals surface area contributed by atoms with Gasteiger partial charge >= 0.3 is 0 Å². The molecule has 4 aromatic rings. The maximum atomic E-state index is 15.3. The van der Waals surface area contributed by atoms with Gasteiger partial charge in [0.25, 0.3) is 11.8 Å². The van der Waals surface area contributed by atoms with Crippen LogP contribution in [0.4, 0.5) is 20.2 Å². The van der Waals surface area contributed by atoms with Crippen LogP contribution in [0.15, 0.2) is 54.9 Å². The van der Waals surface area contributed by atoms with E-state index in [1.54, 1.807) is 23.1 Å². The van der Waals surface area contributed by atoms with E-state index in [1.165, 1.54) is 48.3 Å². The molecular weight excluding hydrogens is 654 g/mol. The van der Waals surface area contributed by atoms with Crippen molar-refractivity contribution in [2.24, 2.45) is 13.0 Å². The Hall–Kier alpha value is -4.88. The van der Waals surface area contributed by atoms with Gasteiger partial charge in [-0.2, -0.15) is 0 Å².